The quantitative estimate of drug-likeness (QED) is 0.0382. The van der Waals surface area contributed by atoms with Gasteiger partial charge in [-0.15, -0.1) is 0 Å². The summed E-state index contributed by atoms with van der Waals surface area (Å²) in [5.74, 6) is -1.26. The summed E-state index contributed by atoms with van der Waals surface area (Å²) in [7, 11) is 0. The van der Waals surface area contributed by atoms with Gasteiger partial charge in [-0.25, -0.2) is 29.5 Å². The van der Waals surface area contributed by atoms with E-state index >= 15 is 0 Å². The number of aromatic nitrogens is 4. The van der Waals surface area contributed by atoms with Gasteiger partial charge in [-0.2, -0.15) is 5.26 Å². The normalized spacial score (nSPS) is 10.7. The second-order valence-electron chi connectivity index (χ2n) is 11.7. The molecule has 4 rings (SSSR count). The number of rotatable bonds is 20. The minimum absolute atomic E-state index is 0.167. The number of aliphatic imine (C=N–C) groups is 2. The largest absolute Gasteiger partial charge is 0.493 e. The number of nitriles is 1. The lowest BCUT2D eigenvalue weighted by molar-refractivity contribution is -0.138. The molecule has 0 aliphatic rings. The third-order valence-corrected chi connectivity index (χ3v) is 7.38. The van der Waals surface area contributed by atoms with Gasteiger partial charge in [-0.3, -0.25) is 19.6 Å². The average molecular weight is 774 g/mol. The maximum absolute atomic E-state index is 12.5. The van der Waals surface area contributed by atoms with E-state index in [-0.39, 0.29) is 35.2 Å². The second kappa shape index (κ2) is 22.6. The van der Waals surface area contributed by atoms with Crippen LogP contribution in [0.2, 0.25) is 0 Å². The van der Waals surface area contributed by atoms with Crippen LogP contribution in [0.4, 0.5) is 22.7 Å². The van der Waals surface area contributed by atoms with Crippen LogP contribution in [0.1, 0.15) is 48.5 Å². The number of benzene rings is 2. The summed E-state index contributed by atoms with van der Waals surface area (Å²) in [6.07, 6.45) is 13.0. The molecule has 2 aromatic heterocycles. The van der Waals surface area contributed by atoms with Crippen molar-refractivity contribution in [1.82, 2.24) is 19.9 Å². The van der Waals surface area contributed by atoms with Gasteiger partial charge in [-0.05, 0) is 74.6 Å². The van der Waals surface area contributed by atoms with Crippen LogP contribution in [0.15, 0.2) is 96.5 Å². The molecule has 0 bridgehead atoms. The minimum atomic E-state index is -0.968. The number of nitrogens with one attached hydrogen (secondary N) is 2. The molecule has 2 amide bonds. The van der Waals surface area contributed by atoms with Crippen molar-refractivity contribution >= 4 is 58.9 Å². The second-order valence-corrected chi connectivity index (χ2v) is 11.7. The first-order valence-electron chi connectivity index (χ1n) is 17.5. The number of nitrogens with zero attached hydrogens (tertiary/aromatic N) is 7. The lowest BCUT2D eigenvalue weighted by Gasteiger charge is -2.09. The highest BCUT2D eigenvalue weighted by molar-refractivity contribution is 6.43. The summed E-state index contributed by atoms with van der Waals surface area (Å²) in [5, 5.41) is 14.4. The standard InChI is InChI=1S/C40H39N9O8/c1-4-37(50)56-16-8-6-14-54-33-12-10-29(18-27(33)3)42-25-35-44-21-31(22-45-35)48-39(52)40(53)49-32-23-46-36(47-24-32)26-43-30-11-13-34(28(19-30)20-41)55-15-7-9-17-57-38(51)5-2/h4-5,10-13,18-19,21-26H,1-2,6-9,14-17H2,3H3,(H,48,52)(H,49,53)/b42-25+,43-26+. The number of aryl methyl sites for hydroxylation is 1. The molecule has 0 unspecified atom stereocenters. The molecule has 2 N–H and O–H groups in total. The van der Waals surface area contributed by atoms with E-state index in [1.165, 1.54) is 37.2 Å². The monoisotopic (exact) mass is 773 g/mol. The maximum Gasteiger partial charge on any atom is 0.330 e. The lowest BCUT2D eigenvalue weighted by atomic mass is 10.2. The van der Waals surface area contributed by atoms with Crippen LogP contribution in [-0.2, 0) is 28.7 Å². The van der Waals surface area contributed by atoms with Crippen molar-refractivity contribution in [1.29, 1.82) is 5.26 Å². The number of unbranched alkanes of at least 4 members (excludes halogenated alkanes) is 2. The van der Waals surface area contributed by atoms with Crippen molar-refractivity contribution < 1.29 is 38.1 Å². The molecule has 292 valence electrons. The first kappa shape index (κ1) is 42.1. The van der Waals surface area contributed by atoms with Crippen LogP contribution in [0.25, 0.3) is 0 Å². The topological polar surface area (TPSA) is 229 Å². The van der Waals surface area contributed by atoms with Crippen LogP contribution in [0.5, 0.6) is 11.5 Å². The smallest absolute Gasteiger partial charge is 0.330 e. The molecule has 0 atom stereocenters. The molecule has 4 aromatic rings. The molecular weight excluding hydrogens is 734 g/mol. The molecule has 0 spiro atoms. The van der Waals surface area contributed by atoms with E-state index in [4.69, 9.17) is 18.9 Å². The Morgan fingerprint density at radius 1 is 0.684 bits per heavy atom. The van der Waals surface area contributed by atoms with E-state index < -0.39 is 23.8 Å². The number of hydrogen-bond donors (Lipinski definition) is 2. The molecule has 0 fully saturated rings. The van der Waals surface area contributed by atoms with Gasteiger partial charge in [0.2, 0.25) is 0 Å². The minimum Gasteiger partial charge on any atom is -0.493 e. The van der Waals surface area contributed by atoms with Crippen LogP contribution in [0, 0.1) is 18.3 Å². The van der Waals surface area contributed by atoms with Crippen LogP contribution in [-0.4, -0.2) is 82.5 Å². The summed E-state index contributed by atoms with van der Waals surface area (Å²) in [6.45, 7) is 9.95. The summed E-state index contributed by atoms with van der Waals surface area (Å²) in [6, 6.07) is 12.4. The van der Waals surface area contributed by atoms with Gasteiger partial charge in [0.15, 0.2) is 11.6 Å². The van der Waals surface area contributed by atoms with E-state index in [0.29, 0.717) is 68.4 Å². The average Bonchev–Trinajstić information content (AvgIpc) is 3.23. The van der Waals surface area contributed by atoms with Gasteiger partial charge >= 0.3 is 23.8 Å². The van der Waals surface area contributed by atoms with E-state index in [1.807, 2.05) is 19.1 Å². The summed E-state index contributed by atoms with van der Waals surface area (Å²) in [5.41, 5.74) is 2.63. The van der Waals surface area contributed by atoms with Gasteiger partial charge < -0.3 is 29.6 Å². The zero-order valence-corrected chi connectivity index (χ0v) is 31.1. The maximum atomic E-state index is 12.5. The van der Waals surface area contributed by atoms with Crippen molar-refractivity contribution in [3.63, 3.8) is 0 Å². The van der Waals surface area contributed by atoms with E-state index in [0.717, 1.165) is 17.7 Å². The van der Waals surface area contributed by atoms with Crippen LogP contribution < -0.4 is 20.1 Å². The van der Waals surface area contributed by atoms with E-state index in [1.54, 1.807) is 24.3 Å². The predicted molar refractivity (Wildman–Crippen MR) is 210 cm³/mol. The van der Waals surface area contributed by atoms with Crippen molar-refractivity contribution in [2.75, 3.05) is 37.1 Å². The van der Waals surface area contributed by atoms with Gasteiger partial charge in [0.25, 0.3) is 0 Å². The lowest BCUT2D eigenvalue weighted by Crippen LogP contribution is -2.29. The number of carbonyl (C=O) groups is 4. The van der Waals surface area contributed by atoms with Gasteiger partial charge in [-0.1, -0.05) is 13.2 Å². The Labute approximate surface area is 328 Å². The van der Waals surface area contributed by atoms with Crippen LogP contribution >= 0.6 is 0 Å². The molecule has 2 aromatic carbocycles. The molecule has 17 heteroatoms. The Morgan fingerprint density at radius 2 is 1.12 bits per heavy atom. The van der Waals surface area contributed by atoms with Gasteiger partial charge in [0.05, 0.1) is 92.0 Å². The molecule has 0 aliphatic carbocycles. The summed E-state index contributed by atoms with van der Waals surface area (Å²) in [4.78, 5) is 72.4. The van der Waals surface area contributed by atoms with Gasteiger partial charge in [0, 0.05) is 12.2 Å². The Bertz CT molecular complexity index is 2150. The van der Waals surface area contributed by atoms with E-state index in [9.17, 15) is 24.4 Å². The van der Waals surface area contributed by atoms with Crippen LogP contribution in [0.3, 0.4) is 0 Å². The number of amides is 2. The van der Waals surface area contributed by atoms with Crippen molar-refractivity contribution in [2.45, 2.75) is 32.6 Å². The molecule has 17 nitrogen and oxygen atoms in total. The first-order chi connectivity index (χ1) is 27.7. The Kier molecular flexibility index (Phi) is 16.7. The zero-order valence-electron chi connectivity index (χ0n) is 31.1. The first-order valence-corrected chi connectivity index (χ1v) is 17.5. The number of anilines is 2. The highest BCUT2D eigenvalue weighted by atomic mass is 16.5. The fourth-order valence-corrected chi connectivity index (χ4v) is 4.50. The van der Waals surface area contributed by atoms with Crippen molar-refractivity contribution in [2.24, 2.45) is 9.98 Å². The molecule has 0 saturated carbocycles. The Morgan fingerprint density at radius 3 is 1.58 bits per heavy atom. The molecule has 0 aliphatic heterocycles. The Balaban J connectivity index is 1.19. The predicted octanol–water partition coefficient (Wildman–Crippen LogP) is 5.30. The molecule has 2 heterocycles. The number of esters is 2. The fourth-order valence-electron chi connectivity index (χ4n) is 4.50. The Hall–Kier alpha value is -7.61. The molecule has 0 saturated heterocycles. The number of hydrogen-bond acceptors (Lipinski definition) is 15. The molecular formula is C40H39N9O8. The number of ether oxygens (including phenoxy) is 4. The SMILES string of the molecule is C=CC(=O)OCCCCOc1ccc(/N=C/c2ncc(NC(=O)C(=O)Nc3cnc(/C=N/c4ccc(OCCCCOC(=O)C=C)c(C#N)c4)nc3)cn2)cc1C. The van der Waals surface area contributed by atoms with E-state index in [2.05, 4.69) is 59.8 Å². The molecule has 0 radical (unpaired) electrons. The molecule has 57 heavy (non-hydrogen) atoms. The van der Waals surface area contributed by atoms with Gasteiger partial charge in [0.1, 0.15) is 17.6 Å². The highest BCUT2D eigenvalue weighted by Crippen LogP contribution is 2.25. The fraction of sp³-hybridized carbons (Fsp3) is 0.225. The van der Waals surface area contributed by atoms with Crippen molar-refractivity contribution in [3.8, 4) is 17.6 Å². The summed E-state index contributed by atoms with van der Waals surface area (Å²) < 4.78 is 21.4. The third-order valence-electron chi connectivity index (χ3n) is 7.38. The number of carbonyl (C=O) groups excluding carboxylic acids is 4. The van der Waals surface area contributed by atoms with Crippen molar-refractivity contribution in [3.05, 3.63) is 109 Å². The zero-order chi connectivity index (χ0) is 40.8. The highest BCUT2D eigenvalue weighted by Gasteiger charge is 2.15. The summed E-state index contributed by atoms with van der Waals surface area (Å²) >= 11 is 0. The third kappa shape index (κ3) is 14.6.